The van der Waals surface area contributed by atoms with Crippen molar-refractivity contribution < 1.29 is 25.1 Å². The van der Waals surface area contributed by atoms with Gasteiger partial charge in [0, 0.05) is 37.1 Å². The Hall–Kier alpha value is -3.07. The Bertz CT molecular complexity index is 1310. The van der Waals surface area contributed by atoms with Crippen molar-refractivity contribution in [2.45, 2.75) is 37.5 Å². The summed E-state index contributed by atoms with van der Waals surface area (Å²) in [5.41, 5.74) is 1.17. The minimum Gasteiger partial charge on any atom is -0.408 e. The van der Waals surface area contributed by atoms with E-state index in [2.05, 4.69) is 4.98 Å². The molecule has 1 aromatic heterocycles. The highest BCUT2D eigenvalue weighted by atomic mass is 19.1. The van der Waals surface area contributed by atoms with E-state index in [1.807, 2.05) is 0 Å². The van der Waals surface area contributed by atoms with Crippen LogP contribution in [0.15, 0.2) is 45.6 Å². The summed E-state index contributed by atoms with van der Waals surface area (Å²) in [7, 11) is 0. The molecule has 32 heavy (non-hydrogen) atoms. The van der Waals surface area contributed by atoms with Crippen molar-refractivity contribution in [2.24, 2.45) is 0 Å². The lowest BCUT2D eigenvalue weighted by molar-refractivity contribution is -0.133. The fourth-order valence-corrected chi connectivity index (χ4v) is 4.62. The van der Waals surface area contributed by atoms with Crippen LogP contribution in [0.4, 0.5) is 13.2 Å². The van der Waals surface area contributed by atoms with Gasteiger partial charge in [-0.25, -0.2) is 18.0 Å². The highest BCUT2D eigenvalue weighted by Crippen LogP contribution is 2.34. The number of halogens is 3. The van der Waals surface area contributed by atoms with Gasteiger partial charge < -0.3 is 9.32 Å². The Morgan fingerprint density at radius 1 is 1.12 bits per heavy atom. The van der Waals surface area contributed by atoms with Gasteiger partial charge in [0.15, 0.2) is 5.58 Å². The van der Waals surface area contributed by atoms with E-state index in [0.717, 1.165) is 17.0 Å². The number of benzene rings is 2. The minimum absolute atomic E-state index is 0.0159. The molecule has 0 aliphatic carbocycles. The van der Waals surface area contributed by atoms with Gasteiger partial charge in [-0.1, -0.05) is 12.1 Å². The molecule has 1 N–H and O–H groups in total. The second kappa shape index (κ2) is 8.12. The maximum absolute atomic E-state index is 15.2. The number of alkyl halides is 1. The monoisotopic (exact) mass is 447 g/mol. The van der Waals surface area contributed by atoms with Crippen molar-refractivity contribution in [2.75, 3.05) is 19.6 Å². The zero-order valence-corrected chi connectivity index (χ0v) is 17.0. The third kappa shape index (κ3) is 3.81. The van der Waals surface area contributed by atoms with E-state index in [1.54, 1.807) is 23.1 Å². The number of carbonyl (C=O) groups excluding carboxylic acids is 1. The molecular weight excluding hydrogens is 423 g/mol. The molecule has 3 heterocycles. The molecule has 5 rings (SSSR count). The molecule has 0 radical (unpaired) electrons. The summed E-state index contributed by atoms with van der Waals surface area (Å²) in [6.45, 7) is -2.03. The molecule has 2 saturated heterocycles. The Balaban J connectivity index is 1.30. The zero-order valence-electron chi connectivity index (χ0n) is 19.0. The first-order valence-corrected chi connectivity index (χ1v) is 10.4. The largest absolute Gasteiger partial charge is 0.417 e. The molecule has 2 aliphatic rings. The number of rotatable bonds is 4. The molecule has 0 saturated carbocycles. The number of nitrogens with zero attached hydrogens (tertiary/aromatic N) is 2. The number of carbonyl (C=O) groups is 1. The van der Waals surface area contributed by atoms with Gasteiger partial charge in [0.25, 0.3) is 0 Å². The summed E-state index contributed by atoms with van der Waals surface area (Å²) in [4.78, 5) is 29.7. The summed E-state index contributed by atoms with van der Waals surface area (Å²) in [5, 5.41) is 0. The molecule has 2 aromatic carbocycles. The van der Waals surface area contributed by atoms with Crippen LogP contribution in [0.3, 0.4) is 0 Å². The van der Waals surface area contributed by atoms with Crippen molar-refractivity contribution in [1.29, 1.82) is 0 Å². The molecule has 2 aliphatic heterocycles. The average molecular weight is 447 g/mol. The van der Waals surface area contributed by atoms with Crippen molar-refractivity contribution in [3.63, 3.8) is 0 Å². The number of likely N-dealkylation sites (tertiary alicyclic amines) is 2. The molecule has 3 atom stereocenters. The van der Waals surface area contributed by atoms with Crippen LogP contribution in [0.5, 0.6) is 0 Å². The number of hydrogen-bond donors (Lipinski definition) is 1. The Morgan fingerprint density at radius 2 is 1.97 bits per heavy atom. The number of amides is 1. The molecule has 0 spiro atoms. The van der Waals surface area contributed by atoms with E-state index in [0.29, 0.717) is 35.7 Å². The van der Waals surface area contributed by atoms with Crippen LogP contribution in [-0.2, 0) is 11.3 Å². The number of nitrogens with one attached hydrogen (secondary N) is 1. The number of hydrogen-bond acceptors (Lipinski definition) is 4. The second-order valence-corrected chi connectivity index (χ2v) is 8.21. The number of aromatic amines is 1. The standard InChI is InChI=1S/C23H22F3N3O3/c24-15-3-1-14(17(25)10-15)11-29-8-6-20(22(29)30)28-7-5-16(18(26)12-28)13-2-4-19-21(9-13)32-23(31)27-19/h1-4,9-10,16,18,20H,5-8,11-12H2,(H,27,31)/i11D2. The third-order valence-electron chi connectivity index (χ3n) is 6.25. The van der Waals surface area contributed by atoms with Crippen LogP contribution in [0.1, 0.15) is 32.6 Å². The molecule has 0 bridgehead atoms. The van der Waals surface area contributed by atoms with E-state index in [9.17, 15) is 18.4 Å². The fourth-order valence-electron chi connectivity index (χ4n) is 4.62. The predicted molar refractivity (Wildman–Crippen MR) is 111 cm³/mol. The van der Waals surface area contributed by atoms with Crippen LogP contribution in [0.2, 0.25) is 0 Å². The summed E-state index contributed by atoms with van der Waals surface area (Å²) in [6, 6.07) is 6.87. The Morgan fingerprint density at radius 3 is 2.75 bits per heavy atom. The van der Waals surface area contributed by atoms with Gasteiger partial charge in [-0.05, 0) is 43.1 Å². The number of oxazole rings is 1. The molecule has 6 nitrogen and oxygen atoms in total. The fraction of sp³-hybridized carbons (Fsp3) is 0.391. The lowest BCUT2D eigenvalue weighted by Gasteiger charge is -2.37. The minimum atomic E-state index is -2.47. The van der Waals surface area contributed by atoms with Crippen molar-refractivity contribution in [3.8, 4) is 0 Å². The smallest absolute Gasteiger partial charge is 0.408 e. The second-order valence-electron chi connectivity index (χ2n) is 8.21. The van der Waals surface area contributed by atoms with Crippen LogP contribution >= 0.6 is 0 Å². The van der Waals surface area contributed by atoms with Crippen molar-refractivity contribution in [3.05, 3.63) is 69.7 Å². The highest BCUT2D eigenvalue weighted by Gasteiger charge is 2.40. The van der Waals surface area contributed by atoms with Gasteiger partial charge in [0.1, 0.15) is 17.8 Å². The van der Waals surface area contributed by atoms with Gasteiger partial charge in [0.05, 0.1) is 14.3 Å². The summed E-state index contributed by atoms with van der Waals surface area (Å²) in [5.74, 6) is -3.47. The van der Waals surface area contributed by atoms with E-state index in [-0.39, 0.29) is 19.5 Å². The maximum Gasteiger partial charge on any atom is 0.417 e. The van der Waals surface area contributed by atoms with Gasteiger partial charge in [0.2, 0.25) is 5.91 Å². The van der Waals surface area contributed by atoms with Crippen LogP contribution in [-0.4, -0.2) is 52.5 Å². The van der Waals surface area contributed by atoms with E-state index < -0.39 is 53.5 Å². The highest BCUT2D eigenvalue weighted by molar-refractivity contribution is 5.84. The van der Waals surface area contributed by atoms with Crippen molar-refractivity contribution in [1.82, 2.24) is 14.8 Å². The molecule has 2 fully saturated rings. The number of piperidine rings is 1. The zero-order chi connectivity index (χ0) is 24.2. The van der Waals surface area contributed by atoms with Crippen LogP contribution < -0.4 is 5.76 Å². The number of H-pyrrole nitrogens is 1. The van der Waals surface area contributed by atoms with Gasteiger partial charge >= 0.3 is 5.76 Å². The first-order chi connectivity index (χ1) is 16.1. The number of fused-ring (bicyclic) bond motifs is 1. The summed E-state index contributed by atoms with van der Waals surface area (Å²) >= 11 is 0. The van der Waals surface area contributed by atoms with Crippen LogP contribution in [0, 0.1) is 11.6 Å². The summed E-state index contributed by atoms with van der Waals surface area (Å²) in [6.07, 6.45) is -0.589. The van der Waals surface area contributed by atoms with E-state index in [1.165, 1.54) is 0 Å². The van der Waals surface area contributed by atoms with Gasteiger partial charge in [-0.15, -0.1) is 0 Å². The molecule has 168 valence electrons. The third-order valence-corrected chi connectivity index (χ3v) is 6.25. The lowest BCUT2D eigenvalue weighted by Crippen LogP contribution is -2.49. The quantitative estimate of drug-likeness (QED) is 0.666. The molecule has 9 heteroatoms. The maximum atomic E-state index is 15.2. The Kier molecular flexibility index (Phi) is 4.70. The SMILES string of the molecule is [2H]C([2H])(c1ccc(F)cc1F)N1CCC(N2CCC(c3ccc4[nH]c(=O)oc4c3)C(F)C2)C1=O. The topological polar surface area (TPSA) is 69.6 Å². The number of aromatic nitrogens is 1. The Labute approximate surface area is 184 Å². The molecular formula is C23H22F3N3O3. The molecule has 1 amide bonds. The molecule has 3 unspecified atom stereocenters. The van der Waals surface area contributed by atoms with E-state index >= 15 is 4.39 Å². The first-order valence-electron chi connectivity index (χ1n) is 11.4. The predicted octanol–water partition coefficient (Wildman–Crippen LogP) is 3.33. The lowest BCUT2D eigenvalue weighted by atomic mass is 9.87. The first kappa shape index (κ1) is 18.5. The van der Waals surface area contributed by atoms with Crippen LogP contribution in [0.25, 0.3) is 11.1 Å². The molecule has 3 aromatic rings. The summed E-state index contributed by atoms with van der Waals surface area (Å²) < 4.78 is 64.5. The van der Waals surface area contributed by atoms with Crippen molar-refractivity contribution >= 4 is 17.0 Å². The van der Waals surface area contributed by atoms with E-state index in [4.69, 9.17) is 7.16 Å². The average Bonchev–Trinajstić information content (AvgIpc) is 3.34. The van der Waals surface area contributed by atoms with Gasteiger partial charge in [-0.3, -0.25) is 14.7 Å². The normalized spacial score (nSPS) is 25.9. The van der Waals surface area contributed by atoms with Gasteiger partial charge in [-0.2, -0.15) is 0 Å².